The quantitative estimate of drug-likeness (QED) is 0.611. The van der Waals surface area contributed by atoms with E-state index in [1.54, 1.807) is 18.7 Å². The van der Waals surface area contributed by atoms with Crippen molar-refractivity contribution in [1.82, 2.24) is 9.78 Å². The molecule has 0 aliphatic carbocycles. The third-order valence-electron chi connectivity index (χ3n) is 4.99. The summed E-state index contributed by atoms with van der Waals surface area (Å²) >= 11 is 6.42. The zero-order valence-electron chi connectivity index (χ0n) is 16.1. The van der Waals surface area contributed by atoms with Crippen molar-refractivity contribution in [3.63, 3.8) is 0 Å². The van der Waals surface area contributed by atoms with E-state index in [0.717, 1.165) is 23.4 Å². The van der Waals surface area contributed by atoms with E-state index in [0.29, 0.717) is 12.2 Å². The number of halogens is 1. The van der Waals surface area contributed by atoms with Crippen LogP contribution in [0.3, 0.4) is 0 Å². The van der Waals surface area contributed by atoms with Gasteiger partial charge in [0.05, 0.1) is 11.4 Å². The minimum atomic E-state index is -0.941. The van der Waals surface area contributed by atoms with E-state index in [-0.39, 0.29) is 16.6 Å². The molecular formula is C22H20ClN3O3. The first-order chi connectivity index (χ1) is 14.0. The lowest BCUT2D eigenvalue weighted by molar-refractivity contribution is -0.126. The van der Waals surface area contributed by atoms with E-state index in [1.165, 1.54) is 4.68 Å². The van der Waals surface area contributed by atoms with Gasteiger partial charge >= 0.3 is 5.97 Å². The number of aromatic nitrogens is 2. The molecule has 3 aromatic rings. The number of anilines is 1. The average Bonchev–Trinajstić information content (AvgIpc) is 3.28. The number of ether oxygens (including phenoxy) is 1. The number of carbonyl (C=O) groups is 2. The van der Waals surface area contributed by atoms with Crippen molar-refractivity contribution in [2.75, 3.05) is 11.4 Å². The summed E-state index contributed by atoms with van der Waals surface area (Å²) in [4.78, 5) is 27.3. The molecule has 0 saturated heterocycles. The van der Waals surface area contributed by atoms with Crippen LogP contribution in [0.5, 0.6) is 0 Å². The number of nitrogens with zero attached hydrogens (tertiary/aromatic N) is 3. The molecule has 0 fully saturated rings. The lowest BCUT2D eigenvalue weighted by Gasteiger charge is -2.21. The zero-order valence-corrected chi connectivity index (χ0v) is 16.9. The Morgan fingerprint density at radius 3 is 2.55 bits per heavy atom. The molecule has 0 saturated carbocycles. The Hall–Kier alpha value is -3.12. The lowest BCUT2D eigenvalue weighted by Crippen LogP contribution is -2.39. The van der Waals surface area contributed by atoms with Crippen LogP contribution in [-0.2, 0) is 16.0 Å². The molecule has 0 radical (unpaired) electrons. The van der Waals surface area contributed by atoms with Gasteiger partial charge in [0, 0.05) is 12.2 Å². The van der Waals surface area contributed by atoms with Crippen molar-refractivity contribution in [2.45, 2.75) is 26.4 Å². The highest BCUT2D eigenvalue weighted by atomic mass is 35.5. The Kier molecular flexibility index (Phi) is 5.11. The standard InChI is InChI=1S/C22H20ClN3O3/c1-14-19(20(23)26(24-14)17-9-4-3-5-10-17)22(28)29-15(2)21(27)25-13-12-16-8-6-7-11-18(16)25/h3-11,15H,12-13H2,1-2H3/t15-/m0/s1. The average molecular weight is 410 g/mol. The van der Waals surface area contributed by atoms with Gasteiger partial charge in [-0.15, -0.1) is 0 Å². The molecule has 6 nitrogen and oxygen atoms in total. The molecule has 1 aliphatic heterocycles. The third kappa shape index (κ3) is 3.51. The van der Waals surface area contributed by atoms with Gasteiger partial charge in [-0.05, 0) is 44.0 Å². The Balaban J connectivity index is 1.53. The van der Waals surface area contributed by atoms with E-state index >= 15 is 0 Å². The summed E-state index contributed by atoms with van der Waals surface area (Å²) in [5, 5.41) is 4.51. The Bertz CT molecular complexity index is 1080. The van der Waals surface area contributed by atoms with Gasteiger partial charge in [0.2, 0.25) is 0 Å². The Morgan fingerprint density at radius 2 is 1.79 bits per heavy atom. The molecule has 0 bridgehead atoms. The zero-order chi connectivity index (χ0) is 20.5. The monoisotopic (exact) mass is 409 g/mol. The molecule has 29 heavy (non-hydrogen) atoms. The third-order valence-corrected chi connectivity index (χ3v) is 5.34. The fraction of sp³-hybridized carbons (Fsp3) is 0.227. The number of amides is 1. The van der Waals surface area contributed by atoms with Gasteiger partial charge < -0.3 is 9.64 Å². The highest BCUT2D eigenvalue weighted by molar-refractivity contribution is 6.33. The van der Waals surface area contributed by atoms with Crippen molar-refractivity contribution >= 4 is 29.2 Å². The largest absolute Gasteiger partial charge is 0.449 e. The molecule has 0 unspecified atom stereocenters. The number of carbonyl (C=O) groups excluding carboxylic acids is 2. The molecule has 1 atom stereocenters. The normalized spacial score (nSPS) is 13.8. The molecule has 0 spiro atoms. The number of fused-ring (bicyclic) bond motifs is 1. The number of para-hydroxylation sites is 2. The summed E-state index contributed by atoms with van der Waals surface area (Å²) < 4.78 is 6.95. The van der Waals surface area contributed by atoms with Crippen molar-refractivity contribution in [3.8, 4) is 5.69 Å². The maximum Gasteiger partial charge on any atom is 0.344 e. The first kappa shape index (κ1) is 19.2. The second kappa shape index (κ2) is 7.72. The summed E-state index contributed by atoms with van der Waals surface area (Å²) in [6.45, 7) is 3.84. The van der Waals surface area contributed by atoms with Crippen LogP contribution in [0, 0.1) is 6.92 Å². The molecule has 148 valence electrons. The van der Waals surface area contributed by atoms with Gasteiger partial charge in [0.15, 0.2) is 6.10 Å². The molecule has 0 N–H and O–H groups in total. The summed E-state index contributed by atoms with van der Waals surface area (Å²) in [6, 6.07) is 17.0. The fourth-order valence-electron chi connectivity index (χ4n) is 3.53. The minimum absolute atomic E-state index is 0.157. The number of hydrogen-bond donors (Lipinski definition) is 0. The van der Waals surface area contributed by atoms with Crippen molar-refractivity contribution < 1.29 is 14.3 Å². The van der Waals surface area contributed by atoms with Gasteiger partial charge in [0.1, 0.15) is 10.7 Å². The van der Waals surface area contributed by atoms with Gasteiger partial charge in [-0.1, -0.05) is 48.0 Å². The summed E-state index contributed by atoms with van der Waals surface area (Å²) in [6.07, 6.45) is -0.152. The number of esters is 1. The van der Waals surface area contributed by atoms with Crippen LogP contribution in [0.15, 0.2) is 54.6 Å². The lowest BCUT2D eigenvalue weighted by atomic mass is 10.2. The number of benzene rings is 2. The maximum absolute atomic E-state index is 12.9. The molecule has 1 aliphatic rings. The first-order valence-corrected chi connectivity index (χ1v) is 9.76. The second-order valence-electron chi connectivity index (χ2n) is 6.91. The second-order valence-corrected chi connectivity index (χ2v) is 7.27. The van der Waals surface area contributed by atoms with Gasteiger partial charge in [-0.3, -0.25) is 4.79 Å². The van der Waals surface area contributed by atoms with E-state index < -0.39 is 12.1 Å². The van der Waals surface area contributed by atoms with E-state index in [2.05, 4.69) is 5.10 Å². The van der Waals surface area contributed by atoms with Gasteiger partial charge in [-0.25, -0.2) is 9.48 Å². The highest BCUT2D eigenvalue weighted by Crippen LogP contribution is 2.29. The van der Waals surface area contributed by atoms with E-state index in [1.807, 2.05) is 54.6 Å². The number of aryl methyl sites for hydroxylation is 1. The van der Waals surface area contributed by atoms with Crippen molar-refractivity contribution in [1.29, 1.82) is 0 Å². The van der Waals surface area contributed by atoms with Crippen LogP contribution < -0.4 is 4.90 Å². The molecular weight excluding hydrogens is 390 g/mol. The Morgan fingerprint density at radius 1 is 1.10 bits per heavy atom. The van der Waals surface area contributed by atoms with Crippen LogP contribution in [0.4, 0.5) is 5.69 Å². The van der Waals surface area contributed by atoms with Crippen molar-refractivity contribution in [2.24, 2.45) is 0 Å². The van der Waals surface area contributed by atoms with Crippen molar-refractivity contribution in [3.05, 3.63) is 76.6 Å². The summed E-state index contributed by atoms with van der Waals surface area (Å²) in [5.74, 6) is -0.921. The van der Waals surface area contributed by atoms with Crippen LogP contribution in [0.1, 0.15) is 28.5 Å². The highest BCUT2D eigenvalue weighted by Gasteiger charge is 2.31. The topological polar surface area (TPSA) is 64.4 Å². The molecule has 7 heteroatoms. The summed E-state index contributed by atoms with van der Waals surface area (Å²) in [5.41, 5.74) is 3.32. The molecule has 4 rings (SSSR count). The molecule has 2 aromatic carbocycles. The van der Waals surface area contributed by atoms with Crippen LogP contribution >= 0.6 is 11.6 Å². The predicted octanol–water partition coefficient (Wildman–Crippen LogP) is 3.97. The minimum Gasteiger partial charge on any atom is -0.449 e. The number of hydrogen-bond acceptors (Lipinski definition) is 4. The first-order valence-electron chi connectivity index (χ1n) is 9.38. The predicted molar refractivity (Wildman–Crippen MR) is 111 cm³/mol. The number of rotatable bonds is 4. The molecule has 2 heterocycles. The Labute approximate surface area is 173 Å². The maximum atomic E-state index is 12.9. The van der Waals surface area contributed by atoms with Gasteiger partial charge in [-0.2, -0.15) is 5.10 Å². The van der Waals surface area contributed by atoms with E-state index in [4.69, 9.17) is 16.3 Å². The molecule has 1 aromatic heterocycles. The SMILES string of the molecule is Cc1nn(-c2ccccc2)c(Cl)c1C(=O)O[C@@H](C)C(=O)N1CCc2ccccc21. The summed E-state index contributed by atoms with van der Waals surface area (Å²) in [7, 11) is 0. The molecule has 1 amide bonds. The fourth-order valence-corrected chi connectivity index (χ4v) is 3.88. The van der Waals surface area contributed by atoms with E-state index in [9.17, 15) is 9.59 Å². The van der Waals surface area contributed by atoms with Crippen LogP contribution in [0.25, 0.3) is 5.69 Å². The van der Waals surface area contributed by atoms with Crippen LogP contribution in [-0.4, -0.2) is 34.3 Å². The van der Waals surface area contributed by atoms with Gasteiger partial charge in [0.25, 0.3) is 5.91 Å². The van der Waals surface area contributed by atoms with Crippen LogP contribution in [0.2, 0.25) is 5.15 Å². The smallest absolute Gasteiger partial charge is 0.344 e.